The van der Waals surface area contributed by atoms with E-state index in [2.05, 4.69) is 17.0 Å². The molecule has 0 aliphatic rings. The zero-order valence-corrected chi connectivity index (χ0v) is 14.0. The van der Waals surface area contributed by atoms with Gasteiger partial charge in [0.2, 0.25) is 10.0 Å². The first-order chi connectivity index (χ1) is 11.0. The van der Waals surface area contributed by atoms with Gasteiger partial charge in [-0.3, -0.25) is 0 Å². The average Bonchev–Trinajstić information content (AvgIpc) is 2.55. The van der Waals surface area contributed by atoms with Crippen LogP contribution >= 0.6 is 0 Å². The van der Waals surface area contributed by atoms with Gasteiger partial charge in [0.15, 0.2) is 0 Å². The molecule has 1 unspecified atom stereocenters. The highest BCUT2D eigenvalue weighted by atomic mass is 32.2. The number of allylic oxidation sites excluding steroid dienone is 1. The summed E-state index contributed by atoms with van der Waals surface area (Å²) in [6.45, 7) is 5.47. The van der Waals surface area contributed by atoms with Crippen LogP contribution in [-0.4, -0.2) is 8.42 Å². The summed E-state index contributed by atoms with van der Waals surface area (Å²) in [5.74, 6) is 0. The summed E-state index contributed by atoms with van der Waals surface area (Å²) in [7, 11) is -3.56. The summed E-state index contributed by atoms with van der Waals surface area (Å²) in [5, 5.41) is 0. The molecule has 0 saturated heterocycles. The number of sulfonamides is 1. The summed E-state index contributed by atoms with van der Waals surface area (Å²) in [6.07, 6.45) is 3.17. The van der Waals surface area contributed by atoms with Gasteiger partial charge in [0, 0.05) is 6.04 Å². The number of nitrogens with one attached hydrogen (secondary N) is 1. The fraction of sp³-hybridized carbons (Fsp3) is 0.211. The zero-order valence-electron chi connectivity index (χ0n) is 13.2. The normalized spacial score (nSPS) is 12.4. The van der Waals surface area contributed by atoms with Crippen molar-refractivity contribution >= 4 is 10.0 Å². The topological polar surface area (TPSA) is 46.2 Å². The van der Waals surface area contributed by atoms with Crippen LogP contribution in [0.15, 0.2) is 77.9 Å². The molecule has 0 heterocycles. The zero-order chi connectivity index (χ0) is 16.7. The SMILES string of the molecule is C=C=CCCC(NS(=O)(=O)c1ccc(C)cc1)c1ccccc1. The Morgan fingerprint density at radius 1 is 1.13 bits per heavy atom. The highest BCUT2D eigenvalue weighted by Crippen LogP contribution is 2.22. The van der Waals surface area contributed by atoms with Gasteiger partial charge in [0.25, 0.3) is 0 Å². The van der Waals surface area contributed by atoms with Crippen molar-refractivity contribution in [2.45, 2.75) is 30.7 Å². The number of hydrogen-bond acceptors (Lipinski definition) is 2. The molecule has 23 heavy (non-hydrogen) atoms. The first kappa shape index (κ1) is 17.2. The first-order valence-electron chi connectivity index (χ1n) is 7.51. The largest absolute Gasteiger partial charge is 0.241 e. The third-order valence-electron chi connectivity index (χ3n) is 3.57. The van der Waals surface area contributed by atoms with Gasteiger partial charge in [-0.15, -0.1) is 5.73 Å². The van der Waals surface area contributed by atoms with E-state index in [1.165, 1.54) is 0 Å². The maximum Gasteiger partial charge on any atom is 0.241 e. The van der Waals surface area contributed by atoms with Gasteiger partial charge in [-0.2, -0.15) is 0 Å². The van der Waals surface area contributed by atoms with E-state index in [1.807, 2.05) is 43.3 Å². The van der Waals surface area contributed by atoms with Gasteiger partial charge in [-0.05, 0) is 43.5 Å². The van der Waals surface area contributed by atoms with Crippen LogP contribution in [0, 0.1) is 6.92 Å². The van der Waals surface area contributed by atoms with Crippen LogP contribution < -0.4 is 4.72 Å². The smallest absolute Gasteiger partial charge is 0.207 e. The molecule has 0 aromatic heterocycles. The number of aryl methyl sites for hydroxylation is 1. The van der Waals surface area contributed by atoms with E-state index in [1.54, 1.807) is 24.3 Å². The Labute approximate surface area is 138 Å². The van der Waals surface area contributed by atoms with Crippen LogP contribution in [0.3, 0.4) is 0 Å². The monoisotopic (exact) mass is 327 g/mol. The number of benzene rings is 2. The minimum Gasteiger partial charge on any atom is -0.207 e. The van der Waals surface area contributed by atoms with Crippen LogP contribution in [0.25, 0.3) is 0 Å². The molecule has 3 nitrogen and oxygen atoms in total. The lowest BCUT2D eigenvalue weighted by Crippen LogP contribution is -2.28. The van der Waals surface area contributed by atoms with E-state index >= 15 is 0 Å². The maximum atomic E-state index is 12.6. The second kappa shape index (κ2) is 7.93. The Bertz CT molecular complexity index is 774. The molecular formula is C19H21NO2S. The van der Waals surface area contributed by atoms with Gasteiger partial charge in [-0.25, -0.2) is 13.1 Å². The average molecular weight is 327 g/mol. The molecule has 4 heteroatoms. The van der Waals surface area contributed by atoms with E-state index in [4.69, 9.17) is 0 Å². The standard InChI is InChI=1S/C19H21NO2S/c1-3-4-6-11-19(17-9-7-5-8-10-17)20-23(21,22)18-14-12-16(2)13-15-18/h4-5,7-10,12-15,19-20H,1,6,11H2,2H3. The quantitative estimate of drug-likeness (QED) is 0.777. The third kappa shape index (κ3) is 4.93. The molecule has 0 aliphatic heterocycles. The van der Waals surface area contributed by atoms with Gasteiger partial charge in [0.05, 0.1) is 4.90 Å². The van der Waals surface area contributed by atoms with Crippen molar-refractivity contribution in [3.8, 4) is 0 Å². The van der Waals surface area contributed by atoms with Crippen molar-refractivity contribution < 1.29 is 8.42 Å². The van der Waals surface area contributed by atoms with Crippen molar-refractivity contribution in [1.29, 1.82) is 0 Å². The predicted molar refractivity (Wildman–Crippen MR) is 93.6 cm³/mol. The predicted octanol–water partition coefficient (Wildman–Crippen LogP) is 4.14. The van der Waals surface area contributed by atoms with Gasteiger partial charge >= 0.3 is 0 Å². The minimum atomic E-state index is -3.56. The van der Waals surface area contributed by atoms with Gasteiger partial charge < -0.3 is 0 Å². The van der Waals surface area contributed by atoms with Crippen LogP contribution in [-0.2, 0) is 10.0 Å². The molecule has 0 fully saturated rings. The molecular weight excluding hydrogens is 306 g/mol. The summed E-state index contributed by atoms with van der Waals surface area (Å²) < 4.78 is 28.0. The fourth-order valence-corrected chi connectivity index (χ4v) is 3.56. The Balaban J connectivity index is 2.25. The van der Waals surface area contributed by atoms with E-state index < -0.39 is 10.0 Å². The lowest BCUT2D eigenvalue weighted by molar-refractivity contribution is 0.542. The van der Waals surface area contributed by atoms with Crippen LogP contribution in [0.4, 0.5) is 0 Å². The molecule has 0 amide bonds. The van der Waals surface area contributed by atoms with Gasteiger partial charge in [-0.1, -0.05) is 54.6 Å². The maximum absolute atomic E-state index is 12.6. The molecule has 0 saturated carbocycles. The fourth-order valence-electron chi connectivity index (χ4n) is 2.30. The molecule has 1 N–H and O–H groups in total. The van der Waals surface area contributed by atoms with Gasteiger partial charge in [0.1, 0.15) is 0 Å². The van der Waals surface area contributed by atoms with Crippen molar-refractivity contribution in [3.05, 3.63) is 84.1 Å². The van der Waals surface area contributed by atoms with Crippen molar-refractivity contribution in [2.75, 3.05) is 0 Å². The molecule has 2 rings (SSSR count). The highest BCUT2D eigenvalue weighted by Gasteiger charge is 2.20. The summed E-state index contributed by atoms with van der Waals surface area (Å²) in [6, 6.07) is 16.2. The van der Waals surface area contributed by atoms with Crippen molar-refractivity contribution in [3.63, 3.8) is 0 Å². The molecule has 0 spiro atoms. The Hall–Kier alpha value is -2.13. The summed E-state index contributed by atoms with van der Waals surface area (Å²) in [4.78, 5) is 0.281. The minimum absolute atomic E-state index is 0.281. The van der Waals surface area contributed by atoms with Crippen molar-refractivity contribution in [2.24, 2.45) is 0 Å². The van der Waals surface area contributed by atoms with Crippen molar-refractivity contribution in [1.82, 2.24) is 4.72 Å². The molecule has 2 aromatic carbocycles. The Morgan fingerprint density at radius 3 is 2.39 bits per heavy atom. The highest BCUT2D eigenvalue weighted by molar-refractivity contribution is 7.89. The number of hydrogen-bond donors (Lipinski definition) is 1. The summed E-state index contributed by atoms with van der Waals surface area (Å²) >= 11 is 0. The summed E-state index contributed by atoms with van der Waals surface area (Å²) in [5.41, 5.74) is 4.70. The van der Waals surface area contributed by atoms with Crippen LogP contribution in [0.5, 0.6) is 0 Å². The van der Waals surface area contributed by atoms with E-state index in [0.29, 0.717) is 12.8 Å². The molecule has 120 valence electrons. The van der Waals surface area contributed by atoms with Crippen LogP contribution in [0.2, 0.25) is 0 Å². The first-order valence-corrected chi connectivity index (χ1v) is 8.99. The van der Waals surface area contributed by atoms with Crippen LogP contribution in [0.1, 0.15) is 30.0 Å². The van der Waals surface area contributed by atoms with E-state index in [9.17, 15) is 8.42 Å². The molecule has 1 atom stereocenters. The number of rotatable bonds is 7. The second-order valence-electron chi connectivity index (χ2n) is 5.38. The molecule has 0 radical (unpaired) electrons. The molecule has 2 aromatic rings. The van der Waals surface area contributed by atoms with E-state index in [0.717, 1.165) is 11.1 Å². The van der Waals surface area contributed by atoms with E-state index in [-0.39, 0.29) is 10.9 Å². The lowest BCUT2D eigenvalue weighted by Gasteiger charge is -2.18. The molecule has 0 bridgehead atoms. The second-order valence-corrected chi connectivity index (χ2v) is 7.10. The lowest BCUT2D eigenvalue weighted by atomic mass is 10.0. The Kier molecular flexibility index (Phi) is 5.94. The Morgan fingerprint density at radius 2 is 1.78 bits per heavy atom. The molecule has 0 aliphatic carbocycles. The third-order valence-corrected chi connectivity index (χ3v) is 5.06.